The SMILES string of the molecule is CCOC(=O)C1=C(N)n2c(s/c(=C\c3ccc(Cl)cc3)c2=O)=C(C(N)=O)[C@@H]1c1ccc(Cl)cc1. The van der Waals surface area contributed by atoms with Crippen LogP contribution in [-0.4, -0.2) is 23.1 Å². The number of hydrogen-bond acceptors (Lipinski definition) is 6. The van der Waals surface area contributed by atoms with Crippen LogP contribution in [0.1, 0.15) is 24.0 Å². The molecule has 0 radical (unpaired) electrons. The second kappa shape index (κ2) is 9.50. The van der Waals surface area contributed by atoms with Crippen molar-refractivity contribution in [2.24, 2.45) is 11.5 Å². The molecule has 2 aromatic carbocycles. The molecule has 4 rings (SSSR count). The van der Waals surface area contributed by atoms with Gasteiger partial charge in [-0.25, -0.2) is 4.79 Å². The molecule has 2 heterocycles. The lowest BCUT2D eigenvalue weighted by Crippen LogP contribution is -2.42. The molecule has 1 aromatic heterocycles. The van der Waals surface area contributed by atoms with E-state index >= 15 is 0 Å². The molecule has 0 spiro atoms. The van der Waals surface area contributed by atoms with E-state index in [9.17, 15) is 14.4 Å². The van der Waals surface area contributed by atoms with Crippen molar-refractivity contribution < 1.29 is 14.3 Å². The average molecular weight is 516 g/mol. The number of nitrogens with two attached hydrogens (primary N) is 2. The fourth-order valence-electron chi connectivity index (χ4n) is 3.80. The summed E-state index contributed by atoms with van der Waals surface area (Å²) < 4.78 is 6.92. The molecule has 1 aliphatic heterocycles. The van der Waals surface area contributed by atoms with Crippen molar-refractivity contribution in [3.8, 4) is 0 Å². The molecule has 0 fully saturated rings. The summed E-state index contributed by atoms with van der Waals surface area (Å²) in [6.07, 6.45) is 1.65. The molecule has 0 saturated heterocycles. The molecule has 174 valence electrons. The van der Waals surface area contributed by atoms with Gasteiger partial charge in [0.1, 0.15) is 10.5 Å². The Hall–Kier alpha value is -3.33. The molecule has 34 heavy (non-hydrogen) atoms. The summed E-state index contributed by atoms with van der Waals surface area (Å²) >= 11 is 13.0. The first-order valence-corrected chi connectivity index (χ1v) is 11.8. The van der Waals surface area contributed by atoms with Crippen molar-refractivity contribution in [2.75, 3.05) is 6.61 Å². The maximum atomic E-state index is 13.3. The maximum Gasteiger partial charge on any atom is 0.338 e. The van der Waals surface area contributed by atoms with Crippen LogP contribution in [0.25, 0.3) is 17.5 Å². The number of fused-ring (bicyclic) bond motifs is 1. The molecule has 4 N–H and O–H groups in total. The van der Waals surface area contributed by atoms with Crippen molar-refractivity contribution in [2.45, 2.75) is 12.8 Å². The minimum atomic E-state index is -0.935. The molecular formula is C24H19Cl2N3O4S. The van der Waals surface area contributed by atoms with Gasteiger partial charge in [-0.05, 0) is 48.4 Å². The minimum Gasteiger partial charge on any atom is -0.463 e. The van der Waals surface area contributed by atoms with Gasteiger partial charge in [0, 0.05) is 10.0 Å². The highest BCUT2D eigenvalue weighted by molar-refractivity contribution is 7.07. The summed E-state index contributed by atoms with van der Waals surface area (Å²) in [7, 11) is 0. The number of esters is 1. The Morgan fingerprint density at radius 2 is 1.65 bits per heavy atom. The van der Waals surface area contributed by atoms with E-state index in [0.29, 0.717) is 20.1 Å². The fraction of sp³-hybridized carbons (Fsp3) is 0.125. The van der Waals surface area contributed by atoms with Crippen molar-refractivity contribution in [1.82, 2.24) is 4.57 Å². The number of carbonyl (C=O) groups excluding carboxylic acids is 2. The van der Waals surface area contributed by atoms with E-state index in [0.717, 1.165) is 21.5 Å². The third kappa shape index (κ3) is 4.27. The van der Waals surface area contributed by atoms with Crippen molar-refractivity contribution >= 4 is 63.9 Å². The molecule has 1 atom stereocenters. The highest BCUT2D eigenvalue weighted by atomic mass is 35.5. The van der Waals surface area contributed by atoms with Crippen LogP contribution >= 0.6 is 34.5 Å². The topological polar surface area (TPSA) is 117 Å². The van der Waals surface area contributed by atoms with Crippen LogP contribution in [0.5, 0.6) is 0 Å². The lowest BCUT2D eigenvalue weighted by molar-refractivity contribution is -0.138. The monoisotopic (exact) mass is 515 g/mol. The summed E-state index contributed by atoms with van der Waals surface area (Å²) in [4.78, 5) is 39.1. The number of carbonyl (C=O) groups is 2. The molecular weight excluding hydrogens is 497 g/mol. The summed E-state index contributed by atoms with van der Waals surface area (Å²) in [5, 5.41) is 1.03. The Bertz CT molecular complexity index is 1500. The fourth-order valence-corrected chi connectivity index (χ4v) is 5.23. The summed E-state index contributed by atoms with van der Waals surface area (Å²) in [5.74, 6) is -2.58. The van der Waals surface area contributed by atoms with E-state index in [2.05, 4.69) is 0 Å². The Morgan fingerprint density at radius 3 is 2.21 bits per heavy atom. The zero-order valence-corrected chi connectivity index (χ0v) is 20.2. The number of benzene rings is 2. The van der Waals surface area contributed by atoms with Crippen LogP contribution < -0.4 is 26.2 Å². The smallest absolute Gasteiger partial charge is 0.338 e. The number of nitrogens with zero attached hydrogens (tertiary/aromatic N) is 1. The summed E-state index contributed by atoms with van der Waals surface area (Å²) in [6.45, 7) is 1.73. The molecule has 7 nitrogen and oxygen atoms in total. The zero-order chi connectivity index (χ0) is 24.6. The highest BCUT2D eigenvalue weighted by Gasteiger charge is 2.38. The van der Waals surface area contributed by atoms with Gasteiger partial charge in [0.25, 0.3) is 5.56 Å². The van der Waals surface area contributed by atoms with Gasteiger partial charge in [-0.2, -0.15) is 0 Å². The van der Waals surface area contributed by atoms with E-state index in [1.165, 1.54) is 0 Å². The van der Waals surface area contributed by atoms with E-state index in [4.69, 9.17) is 39.4 Å². The highest BCUT2D eigenvalue weighted by Crippen LogP contribution is 2.37. The van der Waals surface area contributed by atoms with Gasteiger partial charge in [0.15, 0.2) is 0 Å². The quantitative estimate of drug-likeness (QED) is 0.505. The Kier molecular flexibility index (Phi) is 6.65. The molecule has 0 unspecified atom stereocenters. The first-order valence-electron chi connectivity index (χ1n) is 10.2. The van der Waals surface area contributed by atoms with Gasteiger partial charge in [-0.3, -0.25) is 14.2 Å². The van der Waals surface area contributed by atoms with E-state index in [1.54, 1.807) is 61.5 Å². The van der Waals surface area contributed by atoms with E-state index in [-0.39, 0.29) is 28.2 Å². The standard InChI is InChI=1S/C24H19Cl2N3O4S/c1-2-33-24(32)18-17(13-5-9-15(26)10-6-13)19(21(28)30)23-29(20(18)27)22(31)16(34-23)11-12-3-7-14(25)8-4-12/h3-11,17H,2,27H2,1H3,(H2,28,30)/b16-11-/t17-/m1/s1. The number of amides is 1. The van der Waals surface area contributed by atoms with Gasteiger partial charge >= 0.3 is 5.97 Å². The number of thiazole rings is 1. The molecule has 0 bridgehead atoms. The Morgan fingerprint density at radius 1 is 1.06 bits per heavy atom. The summed E-state index contributed by atoms with van der Waals surface area (Å²) in [6, 6.07) is 13.5. The average Bonchev–Trinajstić information content (AvgIpc) is 3.11. The molecule has 1 amide bonds. The minimum absolute atomic E-state index is 0.0385. The third-order valence-electron chi connectivity index (χ3n) is 5.28. The van der Waals surface area contributed by atoms with Crippen LogP contribution in [0.4, 0.5) is 0 Å². The van der Waals surface area contributed by atoms with Crippen molar-refractivity contribution in [1.29, 1.82) is 0 Å². The van der Waals surface area contributed by atoms with Gasteiger partial charge in [0.05, 0.1) is 28.2 Å². The Balaban J connectivity index is 2.08. The van der Waals surface area contributed by atoms with Gasteiger partial charge in [-0.1, -0.05) is 47.5 Å². The maximum absolute atomic E-state index is 13.3. The first-order chi connectivity index (χ1) is 16.2. The molecule has 0 aliphatic carbocycles. The molecule has 1 aliphatic rings. The van der Waals surface area contributed by atoms with Gasteiger partial charge in [0.2, 0.25) is 5.91 Å². The first kappa shape index (κ1) is 23.8. The zero-order valence-electron chi connectivity index (χ0n) is 17.9. The lowest BCUT2D eigenvalue weighted by atomic mass is 9.83. The number of rotatable bonds is 5. The summed E-state index contributed by atoms with van der Waals surface area (Å²) in [5.41, 5.74) is 13.0. The second-order valence-electron chi connectivity index (χ2n) is 7.39. The molecule has 10 heteroatoms. The third-order valence-corrected chi connectivity index (χ3v) is 6.89. The normalized spacial score (nSPS) is 15.9. The van der Waals surface area contributed by atoms with E-state index < -0.39 is 23.4 Å². The van der Waals surface area contributed by atoms with Gasteiger partial charge in [-0.15, -0.1) is 11.3 Å². The Labute approximate surface area is 208 Å². The van der Waals surface area contributed by atoms with Crippen molar-refractivity contribution in [3.05, 3.63) is 94.8 Å². The number of halogens is 2. The van der Waals surface area contributed by atoms with Crippen LogP contribution in [0.15, 0.2) is 58.9 Å². The number of aromatic nitrogens is 1. The second-order valence-corrected chi connectivity index (χ2v) is 9.29. The van der Waals surface area contributed by atoms with E-state index in [1.807, 2.05) is 0 Å². The van der Waals surface area contributed by atoms with Gasteiger partial charge < -0.3 is 16.2 Å². The number of hydrogen-bond donors (Lipinski definition) is 2. The predicted octanol–water partition coefficient (Wildman–Crippen LogP) is 2.17. The van der Waals surface area contributed by atoms with Crippen LogP contribution in [0.3, 0.4) is 0 Å². The predicted molar refractivity (Wildman–Crippen MR) is 134 cm³/mol. The van der Waals surface area contributed by atoms with Crippen LogP contribution in [0.2, 0.25) is 10.0 Å². The number of primary amides is 1. The van der Waals surface area contributed by atoms with Crippen molar-refractivity contribution in [3.63, 3.8) is 0 Å². The largest absolute Gasteiger partial charge is 0.463 e. The molecule has 0 saturated carbocycles. The number of ether oxygens (including phenoxy) is 1. The van der Waals surface area contributed by atoms with Crippen LogP contribution in [-0.2, 0) is 14.3 Å². The lowest BCUT2D eigenvalue weighted by Gasteiger charge is -2.26. The van der Waals surface area contributed by atoms with Crippen LogP contribution in [0, 0.1) is 0 Å². The molecule has 3 aromatic rings.